The first-order valence-electron chi connectivity index (χ1n) is 5.59. The molecule has 0 fully saturated rings. The first kappa shape index (κ1) is 15.6. The molecule has 1 atom stereocenters. The first-order valence-corrected chi connectivity index (χ1v) is 7.14. The summed E-state index contributed by atoms with van der Waals surface area (Å²) in [6, 6.07) is 7.17. The third-order valence-electron chi connectivity index (χ3n) is 2.77. The maximum absolute atomic E-state index is 13.4. The van der Waals surface area contributed by atoms with Crippen LogP contribution >= 0.6 is 39.1 Å². The Kier molecular flexibility index (Phi) is 4.91. The van der Waals surface area contributed by atoms with E-state index in [-0.39, 0.29) is 0 Å². The van der Waals surface area contributed by atoms with Gasteiger partial charge in [-0.1, -0.05) is 39.1 Å². The fourth-order valence-corrected chi connectivity index (χ4v) is 2.81. The molecule has 106 valence electrons. The van der Waals surface area contributed by atoms with Crippen LogP contribution in [0, 0.1) is 5.82 Å². The third-order valence-corrected chi connectivity index (χ3v) is 3.85. The molecular formula is C14H10BrCl2FO2. The van der Waals surface area contributed by atoms with Crippen LogP contribution in [0.2, 0.25) is 10.0 Å². The van der Waals surface area contributed by atoms with Crippen molar-refractivity contribution >= 4 is 39.1 Å². The molecule has 0 aliphatic carbocycles. The molecule has 1 unspecified atom stereocenters. The average molecular weight is 380 g/mol. The van der Waals surface area contributed by atoms with Crippen LogP contribution in [0.15, 0.2) is 34.8 Å². The lowest BCUT2D eigenvalue weighted by Crippen LogP contribution is -2.02. The van der Waals surface area contributed by atoms with Crippen LogP contribution in [0.1, 0.15) is 17.2 Å². The van der Waals surface area contributed by atoms with E-state index in [1.54, 1.807) is 6.07 Å². The van der Waals surface area contributed by atoms with Gasteiger partial charge in [0.1, 0.15) is 17.7 Å². The molecule has 2 aromatic carbocycles. The van der Waals surface area contributed by atoms with E-state index < -0.39 is 11.9 Å². The minimum absolute atomic E-state index is 0.291. The second-order valence-corrected chi connectivity index (χ2v) is 5.84. The number of hydrogen-bond acceptors (Lipinski definition) is 2. The lowest BCUT2D eigenvalue weighted by Gasteiger charge is -2.15. The summed E-state index contributed by atoms with van der Waals surface area (Å²) in [5.41, 5.74) is 0.759. The normalized spacial score (nSPS) is 12.3. The fourth-order valence-electron chi connectivity index (χ4n) is 1.82. The zero-order chi connectivity index (χ0) is 14.9. The molecule has 0 saturated carbocycles. The molecule has 0 spiro atoms. The van der Waals surface area contributed by atoms with Crippen LogP contribution in [-0.4, -0.2) is 12.2 Å². The van der Waals surface area contributed by atoms with Crippen molar-refractivity contribution < 1.29 is 14.2 Å². The molecule has 0 saturated heterocycles. The van der Waals surface area contributed by atoms with Gasteiger partial charge in [-0.3, -0.25) is 0 Å². The van der Waals surface area contributed by atoms with Crippen LogP contribution in [0.3, 0.4) is 0 Å². The van der Waals surface area contributed by atoms with Crippen LogP contribution in [-0.2, 0) is 0 Å². The molecule has 2 nitrogen and oxygen atoms in total. The molecule has 0 heterocycles. The molecule has 0 aliphatic heterocycles. The molecular weight excluding hydrogens is 370 g/mol. The van der Waals surface area contributed by atoms with Crippen molar-refractivity contribution in [1.82, 2.24) is 0 Å². The van der Waals surface area contributed by atoms with Gasteiger partial charge in [-0.15, -0.1) is 0 Å². The van der Waals surface area contributed by atoms with Crippen molar-refractivity contribution in [3.63, 3.8) is 0 Å². The number of rotatable bonds is 3. The molecule has 6 heteroatoms. The van der Waals surface area contributed by atoms with Crippen molar-refractivity contribution in [2.45, 2.75) is 6.10 Å². The first-order chi connectivity index (χ1) is 9.42. The topological polar surface area (TPSA) is 29.5 Å². The van der Waals surface area contributed by atoms with E-state index >= 15 is 0 Å². The van der Waals surface area contributed by atoms with Gasteiger partial charge >= 0.3 is 0 Å². The Morgan fingerprint density at radius 3 is 2.45 bits per heavy atom. The second-order valence-electron chi connectivity index (χ2n) is 4.11. The van der Waals surface area contributed by atoms with Crippen molar-refractivity contribution in [3.8, 4) is 5.75 Å². The molecule has 0 aliphatic rings. The van der Waals surface area contributed by atoms with E-state index in [4.69, 9.17) is 27.9 Å². The summed E-state index contributed by atoms with van der Waals surface area (Å²) in [4.78, 5) is 0. The van der Waals surface area contributed by atoms with Gasteiger partial charge in [0.25, 0.3) is 0 Å². The number of halogens is 4. The molecule has 0 amide bonds. The quantitative estimate of drug-likeness (QED) is 0.814. The Morgan fingerprint density at radius 2 is 1.85 bits per heavy atom. The molecule has 2 rings (SSSR count). The van der Waals surface area contributed by atoms with E-state index in [2.05, 4.69) is 15.9 Å². The Hall–Kier alpha value is -0.810. The Balaban J connectivity index is 2.47. The highest BCUT2D eigenvalue weighted by atomic mass is 79.9. The molecule has 0 bridgehead atoms. The maximum Gasteiger partial charge on any atom is 0.138 e. The number of hydrogen-bond donors (Lipinski definition) is 1. The maximum atomic E-state index is 13.4. The average Bonchev–Trinajstić information content (AvgIpc) is 2.39. The lowest BCUT2D eigenvalue weighted by atomic mass is 10.0. The highest BCUT2D eigenvalue weighted by molar-refractivity contribution is 9.10. The highest BCUT2D eigenvalue weighted by Gasteiger charge is 2.18. The summed E-state index contributed by atoms with van der Waals surface area (Å²) in [6.45, 7) is 0. The Morgan fingerprint density at radius 1 is 1.15 bits per heavy atom. The Bertz CT molecular complexity index is 629. The van der Waals surface area contributed by atoms with E-state index in [9.17, 15) is 9.50 Å². The van der Waals surface area contributed by atoms with E-state index in [1.807, 2.05) is 0 Å². The van der Waals surface area contributed by atoms with Gasteiger partial charge in [0.2, 0.25) is 0 Å². The smallest absolute Gasteiger partial charge is 0.138 e. The standard InChI is InChI=1S/C14H10BrCl2FO2/c1-20-13-6-11(16)10(5-12(13)17)14(19)7-2-8(15)4-9(18)3-7/h2-6,14,19H,1H3. The van der Waals surface area contributed by atoms with Crippen molar-refractivity contribution in [2.75, 3.05) is 7.11 Å². The summed E-state index contributed by atoms with van der Waals surface area (Å²) in [7, 11) is 1.47. The van der Waals surface area contributed by atoms with Crippen LogP contribution < -0.4 is 4.74 Å². The van der Waals surface area contributed by atoms with Gasteiger partial charge in [-0.05, 0) is 29.8 Å². The van der Waals surface area contributed by atoms with E-state index in [0.717, 1.165) is 0 Å². The zero-order valence-electron chi connectivity index (χ0n) is 10.3. The molecule has 0 aromatic heterocycles. The number of aliphatic hydroxyl groups is 1. The predicted octanol–water partition coefficient (Wildman–Crippen LogP) is 4.99. The van der Waals surface area contributed by atoms with Crippen molar-refractivity contribution in [2.24, 2.45) is 0 Å². The SMILES string of the molecule is COc1cc(Cl)c(C(O)c2cc(F)cc(Br)c2)cc1Cl. The minimum atomic E-state index is -1.09. The second kappa shape index (κ2) is 6.31. The summed E-state index contributed by atoms with van der Waals surface area (Å²) in [5, 5.41) is 10.9. The van der Waals surface area contributed by atoms with Crippen LogP contribution in [0.5, 0.6) is 5.75 Å². The highest BCUT2D eigenvalue weighted by Crippen LogP contribution is 2.36. The van der Waals surface area contributed by atoms with Gasteiger partial charge in [0.05, 0.1) is 17.2 Å². The number of methoxy groups -OCH3 is 1. The van der Waals surface area contributed by atoms with Crippen molar-refractivity contribution in [1.29, 1.82) is 0 Å². The van der Waals surface area contributed by atoms with Gasteiger partial charge < -0.3 is 9.84 Å². The van der Waals surface area contributed by atoms with Crippen LogP contribution in [0.4, 0.5) is 4.39 Å². The van der Waals surface area contributed by atoms with Gasteiger partial charge in [0.15, 0.2) is 0 Å². The summed E-state index contributed by atoms with van der Waals surface area (Å²) in [5.74, 6) is -0.0443. The van der Waals surface area contributed by atoms with Gasteiger partial charge in [-0.2, -0.15) is 0 Å². The molecule has 1 N–H and O–H groups in total. The minimum Gasteiger partial charge on any atom is -0.495 e. The number of benzene rings is 2. The zero-order valence-corrected chi connectivity index (χ0v) is 13.4. The van der Waals surface area contributed by atoms with Crippen molar-refractivity contribution in [3.05, 3.63) is 61.8 Å². The van der Waals surface area contributed by atoms with Crippen LogP contribution in [0.25, 0.3) is 0 Å². The summed E-state index contributed by atoms with van der Waals surface area (Å²) >= 11 is 15.3. The third kappa shape index (κ3) is 3.26. The number of ether oxygens (including phenoxy) is 1. The molecule has 20 heavy (non-hydrogen) atoms. The van der Waals surface area contributed by atoms with Gasteiger partial charge in [0, 0.05) is 16.1 Å². The van der Waals surface area contributed by atoms with E-state index in [0.29, 0.717) is 31.4 Å². The fraction of sp³-hybridized carbons (Fsp3) is 0.143. The summed E-state index contributed by atoms with van der Waals surface area (Å²) < 4.78 is 19.0. The molecule has 2 aromatic rings. The Labute approximate surface area is 134 Å². The largest absolute Gasteiger partial charge is 0.495 e. The van der Waals surface area contributed by atoms with Gasteiger partial charge in [-0.25, -0.2) is 4.39 Å². The summed E-state index contributed by atoms with van der Waals surface area (Å²) in [6.07, 6.45) is -1.09. The lowest BCUT2D eigenvalue weighted by molar-refractivity contribution is 0.219. The monoisotopic (exact) mass is 378 g/mol. The predicted molar refractivity (Wildman–Crippen MR) is 81.2 cm³/mol. The van der Waals surface area contributed by atoms with E-state index in [1.165, 1.54) is 31.4 Å². The number of aliphatic hydroxyl groups excluding tert-OH is 1. The molecule has 0 radical (unpaired) electrons.